The second-order valence-corrected chi connectivity index (χ2v) is 3.67. The van der Waals surface area contributed by atoms with Gasteiger partial charge in [0, 0.05) is 6.92 Å². The first-order valence-corrected chi connectivity index (χ1v) is 4.48. The average Bonchev–Trinajstić information content (AvgIpc) is 2.08. The van der Waals surface area contributed by atoms with Gasteiger partial charge in [0.25, 0.3) is 0 Å². The lowest BCUT2D eigenvalue weighted by atomic mass is 9.87. The maximum atomic E-state index is 11.8. The molecule has 0 heterocycles. The number of rotatable bonds is 1. The molecule has 0 radical (unpaired) electrons. The molecule has 76 valence electrons. The van der Waals surface area contributed by atoms with Gasteiger partial charge in [0.1, 0.15) is 0 Å². The number of Topliss-reactive ketones (excluding diaryl/α,β-unsaturated/α-hetero) is 1. The molecule has 14 heavy (non-hydrogen) atoms. The predicted molar refractivity (Wildman–Crippen MR) is 52.7 cm³/mol. The highest BCUT2D eigenvalue weighted by Gasteiger charge is 2.37. The molecule has 0 N–H and O–H groups in total. The summed E-state index contributed by atoms with van der Waals surface area (Å²) in [6.45, 7) is 6.50. The summed E-state index contributed by atoms with van der Waals surface area (Å²) >= 11 is 0. The smallest absolute Gasteiger partial charge is 0.303 e. The number of hydrogen-bond acceptors (Lipinski definition) is 3. The Bertz CT molecular complexity index is 350. The van der Waals surface area contributed by atoms with Crippen LogP contribution in [0.15, 0.2) is 23.3 Å². The molecule has 1 rings (SSSR count). The average molecular weight is 194 g/mol. The normalized spacial score (nSPS) is 26.7. The second-order valence-electron chi connectivity index (χ2n) is 3.67. The van der Waals surface area contributed by atoms with Crippen LogP contribution in [0, 0.1) is 0 Å². The van der Waals surface area contributed by atoms with E-state index in [0.717, 1.165) is 5.57 Å². The second kappa shape index (κ2) is 3.40. The number of esters is 1. The molecule has 1 aliphatic rings. The Morgan fingerprint density at radius 2 is 2.00 bits per heavy atom. The van der Waals surface area contributed by atoms with Crippen LogP contribution >= 0.6 is 0 Å². The van der Waals surface area contributed by atoms with Gasteiger partial charge in [0.15, 0.2) is 5.60 Å². The van der Waals surface area contributed by atoms with E-state index in [9.17, 15) is 9.59 Å². The van der Waals surface area contributed by atoms with Crippen molar-refractivity contribution in [2.24, 2.45) is 0 Å². The van der Waals surface area contributed by atoms with Crippen LogP contribution in [0.1, 0.15) is 27.7 Å². The standard InChI is InChI=1S/C11H14O3/c1-7-5-6-11(4,14-9(3)12)10(13)8(7)2/h5-6H,1-4H3. The Hall–Kier alpha value is -1.38. The minimum atomic E-state index is -1.12. The third-order valence-corrected chi connectivity index (χ3v) is 2.39. The molecule has 1 atom stereocenters. The van der Waals surface area contributed by atoms with Gasteiger partial charge in [-0.3, -0.25) is 9.59 Å². The molecule has 0 saturated heterocycles. The number of hydrogen-bond donors (Lipinski definition) is 0. The molecule has 3 heteroatoms. The summed E-state index contributed by atoms with van der Waals surface area (Å²) < 4.78 is 5.00. The lowest BCUT2D eigenvalue weighted by Crippen LogP contribution is -2.40. The van der Waals surface area contributed by atoms with Crippen molar-refractivity contribution in [2.75, 3.05) is 0 Å². The van der Waals surface area contributed by atoms with Crippen LogP contribution in [0.2, 0.25) is 0 Å². The topological polar surface area (TPSA) is 43.4 Å². The van der Waals surface area contributed by atoms with Crippen LogP contribution in [0.5, 0.6) is 0 Å². The largest absolute Gasteiger partial charge is 0.447 e. The van der Waals surface area contributed by atoms with Crippen molar-refractivity contribution in [1.29, 1.82) is 0 Å². The van der Waals surface area contributed by atoms with Crippen LogP contribution in [-0.2, 0) is 14.3 Å². The van der Waals surface area contributed by atoms with Gasteiger partial charge in [-0.15, -0.1) is 0 Å². The van der Waals surface area contributed by atoms with E-state index < -0.39 is 11.6 Å². The van der Waals surface area contributed by atoms with Crippen molar-refractivity contribution in [3.05, 3.63) is 23.3 Å². The molecule has 0 aromatic carbocycles. The fraction of sp³-hybridized carbons (Fsp3) is 0.455. The van der Waals surface area contributed by atoms with Crippen molar-refractivity contribution < 1.29 is 14.3 Å². The summed E-state index contributed by atoms with van der Waals surface area (Å²) in [4.78, 5) is 22.6. The van der Waals surface area contributed by atoms with Gasteiger partial charge in [0.05, 0.1) is 0 Å². The predicted octanol–water partition coefficient (Wildman–Crippen LogP) is 1.78. The first kappa shape index (κ1) is 10.7. The molecule has 0 aliphatic heterocycles. The third kappa shape index (κ3) is 1.76. The van der Waals surface area contributed by atoms with E-state index in [-0.39, 0.29) is 5.78 Å². The molecule has 0 aromatic heterocycles. The number of carbonyl (C=O) groups excluding carboxylic acids is 2. The quantitative estimate of drug-likeness (QED) is 0.597. The van der Waals surface area contributed by atoms with Crippen molar-refractivity contribution >= 4 is 11.8 Å². The van der Waals surface area contributed by atoms with E-state index in [0.29, 0.717) is 5.57 Å². The van der Waals surface area contributed by atoms with Gasteiger partial charge in [-0.05, 0) is 38.0 Å². The number of ketones is 1. The van der Waals surface area contributed by atoms with Crippen LogP contribution < -0.4 is 0 Å². The minimum Gasteiger partial charge on any atom is -0.447 e. The lowest BCUT2D eigenvalue weighted by Gasteiger charge is -2.27. The zero-order valence-electron chi connectivity index (χ0n) is 8.88. The summed E-state index contributed by atoms with van der Waals surface area (Å²) in [7, 11) is 0. The number of carbonyl (C=O) groups is 2. The van der Waals surface area contributed by atoms with Gasteiger partial charge < -0.3 is 4.74 Å². The Kier molecular flexibility index (Phi) is 2.60. The lowest BCUT2D eigenvalue weighted by molar-refractivity contribution is -0.157. The molecule has 1 unspecified atom stereocenters. The maximum Gasteiger partial charge on any atom is 0.303 e. The van der Waals surface area contributed by atoms with E-state index in [4.69, 9.17) is 4.74 Å². The Balaban J connectivity index is 3.02. The first-order valence-electron chi connectivity index (χ1n) is 4.48. The van der Waals surface area contributed by atoms with Crippen LogP contribution in [0.3, 0.4) is 0 Å². The highest BCUT2D eigenvalue weighted by molar-refractivity contribution is 6.05. The fourth-order valence-electron chi connectivity index (χ4n) is 1.42. The van der Waals surface area contributed by atoms with Crippen LogP contribution in [0.4, 0.5) is 0 Å². The number of ether oxygens (including phenoxy) is 1. The zero-order chi connectivity index (χ0) is 10.9. The Labute approximate surface area is 83.4 Å². The summed E-state index contributed by atoms with van der Waals surface area (Å²) in [5.41, 5.74) is 0.450. The van der Waals surface area contributed by atoms with Gasteiger partial charge in [-0.2, -0.15) is 0 Å². The molecule has 3 nitrogen and oxygen atoms in total. The van der Waals surface area contributed by atoms with Crippen LogP contribution in [-0.4, -0.2) is 17.4 Å². The Morgan fingerprint density at radius 3 is 2.50 bits per heavy atom. The molecule has 1 aliphatic carbocycles. The van der Waals surface area contributed by atoms with Gasteiger partial charge in [-0.25, -0.2) is 0 Å². The van der Waals surface area contributed by atoms with Gasteiger partial charge >= 0.3 is 5.97 Å². The summed E-state index contributed by atoms with van der Waals surface area (Å²) in [6.07, 6.45) is 3.43. The first-order chi connectivity index (χ1) is 6.37. The minimum absolute atomic E-state index is 0.146. The maximum absolute atomic E-state index is 11.8. The zero-order valence-corrected chi connectivity index (χ0v) is 8.88. The van der Waals surface area contributed by atoms with Gasteiger partial charge in [-0.1, -0.05) is 6.08 Å². The van der Waals surface area contributed by atoms with E-state index in [2.05, 4.69) is 0 Å². The number of allylic oxidation sites excluding steroid dienone is 2. The third-order valence-electron chi connectivity index (χ3n) is 2.39. The molecule has 0 spiro atoms. The SMILES string of the molecule is CC(=O)OC1(C)C=CC(C)=C(C)C1=O. The molecular weight excluding hydrogens is 180 g/mol. The molecular formula is C11H14O3. The monoisotopic (exact) mass is 194 g/mol. The van der Waals surface area contributed by atoms with E-state index in [1.165, 1.54) is 6.92 Å². The van der Waals surface area contributed by atoms with Crippen molar-refractivity contribution in [2.45, 2.75) is 33.3 Å². The highest BCUT2D eigenvalue weighted by Crippen LogP contribution is 2.26. The van der Waals surface area contributed by atoms with Crippen molar-refractivity contribution in [3.63, 3.8) is 0 Å². The van der Waals surface area contributed by atoms with Gasteiger partial charge in [0.2, 0.25) is 5.78 Å². The summed E-state index contributed by atoms with van der Waals surface area (Å²) in [6, 6.07) is 0. The van der Waals surface area contributed by atoms with E-state index in [1.54, 1.807) is 26.0 Å². The van der Waals surface area contributed by atoms with E-state index in [1.807, 2.05) is 6.92 Å². The molecule has 0 bridgehead atoms. The Morgan fingerprint density at radius 1 is 1.43 bits per heavy atom. The molecule has 0 aromatic rings. The fourth-order valence-corrected chi connectivity index (χ4v) is 1.42. The van der Waals surface area contributed by atoms with Crippen molar-refractivity contribution in [1.82, 2.24) is 0 Å². The molecule has 0 amide bonds. The van der Waals surface area contributed by atoms with E-state index >= 15 is 0 Å². The summed E-state index contributed by atoms with van der Waals surface area (Å²) in [5.74, 6) is -0.592. The highest BCUT2D eigenvalue weighted by atomic mass is 16.6. The van der Waals surface area contributed by atoms with Crippen LogP contribution in [0.25, 0.3) is 0 Å². The van der Waals surface area contributed by atoms with Crippen molar-refractivity contribution in [3.8, 4) is 0 Å². The summed E-state index contributed by atoms with van der Waals surface area (Å²) in [5, 5.41) is 0. The molecule has 0 fully saturated rings. The molecule has 0 saturated carbocycles.